The number of pyridine rings is 4. The summed E-state index contributed by atoms with van der Waals surface area (Å²) in [4.78, 5) is 68.4. The van der Waals surface area contributed by atoms with E-state index in [2.05, 4.69) is 127 Å². The van der Waals surface area contributed by atoms with Gasteiger partial charge in [-0.3, -0.25) is 39.1 Å². The molecule has 21 nitrogen and oxygen atoms in total. The van der Waals surface area contributed by atoms with Crippen molar-refractivity contribution in [3.63, 3.8) is 0 Å². The van der Waals surface area contributed by atoms with Gasteiger partial charge in [0.1, 0.15) is 23.5 Å². The van der Waals surface area contributed by atoms with Gasteiger partial charge in [0.15, 0.2) is 5.78 Å². The SMILES string of the molecule is CC1(C)C[C@@H](CNc2ccc(Cl)c(-c3cc(CC(=O)[C@H]4CNCCO4)ncc3Cl)c2)CCO1.C[C@@H](Nc1cccc(-c2cc(CC(=O)[C@@H]3CCCNC3)ncc2Cl)c1)C1CCOCC1.C[C@H](Nc1cccc(-c2cc(CC(=O)[C@@H]3CCCNC3)ncc2Cl)c1)C1CCOCC1.O=C(Cc1cc(-c2cc(NCC3CCOCC3)c(Cl)cc2Cl)c(Cl)cn1)[C@@H]1CCCNC1. The molecule has 8 N–H and O–H groups in total. The van der Waals surface area contributed by atoms with Gasteiger partial charge in [-0.25, -0.2) is 0 Å². The number of hydrogen-bond donors (Lipinski definition) is 8. The van der Waals surface area contributed by atoms with Crippen LogP contribution in [0.3, 0.4) is 0 Å². The Balaban J connectivity index is 0.000000145. The van der Waals surface area contributed by atoms with Gasteiger partial charge >= 0.3 is 0 Å². The van der Waals surface area contributed by atoms with Gasteiger partial charge in [0.05, 0.1) is 54.5 Å². The molecule has 8 saturated heterocycles. The van der Waals surface area contributed by atoms with Crippen molar-refractivity contribution in [2.45, 2.75) is 167 Å². The van der Waals surface area contributed by atoms with E-state index in [0.29, 0.717) is 108 Å². The molecule has 0 aliphatic carbocycles. The molecule has 7 atom stereocenters. The van der Waals surface area contributed by atoms with Crippen LogP contribution in [0, 0.1) is 41.4 Å². The number of halogens is 7. The smallest absolute Gasteiger partial charge is 0.168 e. The van der Waals surface area contributed by atoms with Gasteiger partial charge in [-0.2, -0.15) is 0 Å². The van der Waals surface area contributed by atoms with E-state index < -0.39 is 6.10 Å². The normalized spacial score (nSPS) is 21.0. The van der Waals surface area contributed by atoms with Crippen LogP contribution in [0.15, 0.2) is 128 Å². The van der Waals surface area contributed by atoms with Gasteiger partial charge in [-0.15, -0.1) is 0 Å². The fraction of sp³-hybridized carbons (Fsp3) is 0.515. The van der Waals surface area contributed by atoms with E-state index in [1.54, 1.807) is 30.9 Å². The molecular weight excluding hydrogens is 1750 g/mol. The van der Waals surface area contributed by atoms with Gasteiger partial charge in [-0.05, 0) is 251 Å². The summed E-state index contributed by atoms with van der Waals surface area (Å²) in [5.41, 5.74) is 13.8. The maximum atomic E-state index is 12.7. The zero-order chi connectivity index (χ0) is 89.2. The maximum Gasteiger partial charge on any atom is 0.168 e. The van der Waals surface area contributed by atoms with Crippen molar-refractivity contribution < 1.29 is 42.9 Å². The van der Waals surface area contributed by atoms with E-state index in [0.717, 1.165) is 274 Å². The number of aromatic nitrogens is 4. The molecule has 0 saturated carbocycles. The lowest BCUT2D eigenvalue weighted by Gasteiger charge is -2.35. The van der Waals surface area contributed by atoms with E-state index in [1.165, 1.54) is 0 Å². The topological polar surface area (TPSA) is 262 Å². The van der Waals surface area contributed by atoms with Crippen molar-refractivity contribution in [3.8, 4) is 44.5 Å². The van der Waals surface area contributed by atoms with Crippen molar-refractivity contribution in [3.05, 3.63) is 186 Å². The van der Waals surface area contributed by atoms with E-state index in [4.69, 9.17) is 105 Å². The van der Waals surface area contributed by atoms with Crippen LogP contribution in [0.1, 0.15) is 140 Å². The third-order valence-electron chi connectivity index (χ3n) is 25.6. The molecule has 4 aromatic heterocycles. The summed E-state index contributed by atoms with van der Waals surface area (Å²) >= 11 is 45.6. The summed E-state index contributed by atoms with van der Waals surface area (Å²) in [6.45, 7) is 23.4. The van der Waals surface area contributed by atoms with E-state index in [9.17, 15) is 19.2 Å². The lowest BCUT2D eigenvalue weighted by Crippen LogP contribution is -2.43. The second kappa shape index (κ2) is 49.0. The number of ketones is 4. The maximum absolute atomic E-state index is 12.7. The Morgan fingerprint density at radius 3 is 1.27 bits per heavy atom. The first-order valence-electron chi connectivity index (χ1n) is 45.5. The number of morpholine rings is 1. The molecule has 0 amide bonds. The molecule has 0 radical (unpaired) electrons. The number of carbonyl (C=O) groups is 4. The first-order chi connectivity index (χ1) is 61.5. The molecule has 0 spiro atoms. The Bertz CT molecular complexity index is 4800. The number of ether oxygens (including phenoxy) is 5. The Morgan fingerprint density at radius 2 is 0.819 bits per heavy atom. The average molecular weight is 1870 g/mol. The first kappa shape index (κ1) is 97.6. The van der Waals surface area contributed by atoms with Crippen LogP contribution in [0.25, 0.3) is 44.5 Å². The Morgan fingerprint density at radius 1 is 0.402 bits per heavy atom. The van der Waals surface area contributed by atoms with Gasteiger partial charge < -0.3 is 66.2 Å². The highest BCUT2D eigenvalue weighted by molar-refractivity contribution is 6.39. The summed E-state index contributed by atoms with van der Waals surface area (Å²) < 4.78 is 27.8. The summed E-state index contributed by atoms with van der Waals surface area (Å²) in [5.74, 6) is 3.29. The lowest BCUT2D eigenvalue weighted by molar-refractivity contribution is -0.131. The van der Waals surface area contributed by atoms with Crippen LogP contribution in [-0.4, -0.2) is 185 Å². The number of anilines is 4. The number of rotatable bonds is 28. The number of piperidine rings is 3. The van der Waals surface area contributed by atoms with Crippen LogP contribution in [-0.2, 0) is 68.5 Å². The molecule has 28 heteroatoms. The Labute approximate surface area is 783 Å². The molecular formula is C99H123Cl7N12O9. The van der Waals surface area contributed by atoms with Gasteiger partial charge in [0.25, 0.3) is 0 Å². The summed E-state index contributed by atoms with van der Waals surface area (Å²) in [7, 11) is 0. The molecule has 8 aromatic rings. The molecule has 682 valence electrons. The fourth-order valence-electron chi connectivity index (χ4n) is 18.1. The van der Waals surface area contributed by atoms with Crippen molar-refractivity contribution in [2.24, 2.45) is 41.4 Å². The van der Waals surface area contributed by atoms with E-state index in [1.807, 2.05) is 60.7 Å². The monoisotopic (exact) mass is 1870 g/mol. The highest BCUT2D eigenvalue weighted by Gasteiger charge is 2.32. The predicted octanol–water partition coefficient (Wildman–Crippen LogP) is 19.9. The summed E-state index contributed by atoms with van der Waals surface area (Å²) in [5, 5.41) is 31.3. The fourth-order valence-corrected chi connectivity index (χ4v) is 19.7. The lowest BCUT2D eigenvalue weighted by atomic mass is 9.88. The third kappa shape index (κ3) is 29.3. The molecule has 8 fully saturated rings. The van der Waals surface area contributed by atoms with Crippen molar-refractivity contribution in [1.29, 1.82) is 0 Å². The minimum atomic E-state index is -0.439. The number of nitrogens with one attached hydrogen (secondary N) is 8. The zero-order valence-corrected chi connectivity index (χ0v) is 78.8. The highest BCUT2D eigenvalue weighted by atomic mass is 35.5. The van der Waals surface area contributed by atoms with Crippen LogP contribution >= 0.6 is 81.2 Å². The minimum Gasteiger partial charge on any atom is -0.385 e. The molecule has 8 aliphatic heterocycles. The summed E-state index contributed by atoms with van der Waals surface area (Å²) in [6, 6.07) is 34.6. The van der Waals surface area contributed by atoms with Crippen molar-refractivity contribution in [1.82, 2.24) is 41.2 Å². The van der Waals surface area contributed by atoms with Crippen LogP contribution < -0.4 is 42.5 Å². The molecule has 16 rings (SSSR count). The quantitative estimate of drug-likeness (QED) is 0.0227. The van der Waals surface area contributed by atoms with Crippen LogP contribution in [0.2, 0.25) is 35.2 Å². The number of nitrogens with zero attached hydrogens (tertiary/aromatic N) is 4. The number of carbonyl (C=O) groups excluding carboxylic acids is 4. The second-order valence-electron chi connectivity index (χ2n) is 35.6. The standard InChI is InChI=1S/C25H31Cl2N3O3.2C25H32ClN3O2.C24H28Cl3N3O2/c1-25(2)12-16(5-7-33-25)13-29-17-3-4-21(26)19(9-17)20-10-18(30-14-22(20)27)11-23(31)24-15-28-6-8-32-24;2*1-17(18-7-10-31-11-8-18)29-21-6-2-4-19(12-21)23-13-22(28-16-24(23)26)14-25(30)20-5-3-9-27-15-20;25-20-11-21(26)23(30-12-15-3-6-32-7-4-15)10-19(20)18-8-17(29-14-22(18)27)9-24(31)16-2-1-5-28-13-16/h3-4,9-10,14,16,24,28-29H,5-8,11-13,15H2,1-2H3;2*2,4,6,12-13,16-18,20,27,29H,3,5,7-11,14-15H2,1H3;8,10-11,14-16,28,30H,1-7,9,12-13H2/t16-,24+;17-,20+;17-,20-;16-/m0011/s1. The Kier molecular flexibility index (Phi) is 37.6. The molecule has 0 bridgehead atoms. The predicted molar refractivity (Wildman–Crippen MR) is 515 cm³/mol. The van der Waals surface area contributed by atoms with Crippen LogP contribution in [0.4, 0.5) is 22.7 Å². The number of Topliss-reactive ketones (excluding diaryl/α,β-unsaturated/α-hetero) is 4. The van der Waals surface area contributed by atoms with Crippen molar-refractivity contribution in [2.75, 3.05) is 140 Å². The van der Waals surface area contributed by atoms with Gasteiger partial charge in [0.2, 0.25) is 0 Å². The number of hydrogen-bond acceptors (Lipinski definition) is 21. The molecule has 12 heterocycles. The molecule has 0 unspecified atom stereocenters. The van der Waals surface area contributed by atoms with Crippen LogP contribution in [0.5, 0.6) is 0 Å². The molecule has 8 aliphatic rings. The average Bonchev–Trinajstić information content (AvgIpc) is 0.806. The van der Waals surface area contributed by atoms with Gasteiger partial charge in [0, 0.05) is 244 Å². The number of benzene rings is 4. The van der Waals surface area contributed by atoms with Crippen molar-refractivity contribution >= 4 is 127 Å². The molecule has 4 aromatic carbocycles. The van der Waals surface area contributed by atoms with E-state index in [-0.39, 0.29) is 59.3 Å². The molecule has 127 heavy (non-hydrogen) atoms. The highest BCUT2D eigenvalue weighted by Crippen LogP contribution is 2.42. The first-order valence-corrected chi connectivity index (χ1v) is 48.2. The van der Waals surface area contributed by atoms with E-state index >= 15 is 0 Å². The minimum absolute atomic E-state index is 0.00359. The van der Waals surface area contributed by atoms with Gasteiger partial charge in [-0.1, -0.05) is 105 Å². The summed E-state index contributed by atoms with van der Waals surface area (Å²) in [6.07, 6.45) is 21.8. The third-order valence-corrected chi connectivity index (χ3v) is 27.8. The second-order valence-corrected chi connectivity index (χ2v) is 38.5. The Hall–Kier alpha value is -6.97. The largest absolute Gasteiger partial charge is 0.385 e. The zero-order valence-electron chi connectivity index (χ0n) is 73.5.